The Hall–Kier alpha value is -1.02. The summed E-state index contributed by atoms with van der Waals surface area (Å²) in [6.45, 7) is 4.01. The highest BCUT2D eigenvalue weighted by molar-refractivity contribution is 6.34. The number of hydrogen-bond acceptors (Lipinski definition) is 1. The van der Waals surface area contributed by atoms with Crippen LogP contribution in [0.25, 0.3) is 0 Å². The fourth-order valence-electron chi connectivity index (χ4n) is 4.13. The smallest absolute Gasteiger partial charge is 0.224 e. The molecule has 0 saturated heterocycles. The van der Waals surface area contributed by atoms with Crippen molar-refractivity contribution in [3.8, 4) is 0 Å². The van der Waals surface area contributed by atoms with E-state index in [2.05, 4.69) is 11.4 Å². The van der Waals surface area contributed by atoms with Crippen LogP contribution in [0.1, 0.15) is 43.2 Å². The van der Waals surface area contributed by atoms with Crippen molar-refractivity contribution < 1.29 is 4.79 Å². The van der Waals surface area contributed by atoms with Gasteiger partial charge in [0.1, 0.15) is 0 Å². The Bertz CT molecular complexity index is 517. The van der Waals surface area contributed by atoms with E-state index in [4.69, 9.17) is 11.6 Å². The van der Waals surface area contributed by atoms with Gasteiger partial charge in [-0.05, 0) is 68.1 Å². The molecule has 2 aliphatic carbocycles. The molecule has 2 bridgehead atoms. The highest BCUT2D eigenvalue weighted by atomic mass is 35.5. The molecule has 1 N–H and O–H groups in total. The first-order chi connectivity index (χ1) is 9.52. The van der Waals surface area contributed by atoms with E-state index in [0.29, 0.717) is 17.4 Å². The number of benzene rings is 1. The number of amides is 1. The van der Waals surface area contributed by atoms with Gasteiger partial charge in [0.25, 0.3) is 0 Å². The van der Waals surface area contributed by atoms with Crippen LogP contribution < -0.4 is 5.32 Å². The molecule has 0 unspecified atom stereocenters. The number of nitrogens with one attached hydrogen (secondary N) is 1. The molecule has 20 heavy (non-hydrogen) atoms. The minimum Gasteiger partial charge on any atom is -0.325 e. The van der Waals surface area contributed by atoms with Crippen molar-refractivity contribution in [1.29, 1.82) is 0 Å². The van der Waals surface area contributed by atoms with Gasteiger partial charge in [-0.1, -0.05) is 24.1 Å². The third-order valence-electron chi connectivity index (χ3n) is 5.03. The van der Waals surface area contributed by atoms with E-state index in [-0.39, 0.29) is 5.91 Å². The SMILES string of the molecule is Cc1cc(C)c(NC(=O)C[C@@H]2C[C@H]3CC[C@H]2C3)c(Cl)c1. The summed E-state index contributed by atoms with van der Waals surface area (Å²) in [6, 6.07) is 3.96. The third kappa shape index (κ3) is 2.71. The van der Waals surface area contributed by atoms with Gasteiger partial charge in [-0.3, -0.25) is 4.79 Å². The maximum absolute atomic E-state index is 12.3. The molecular formula is C17H22ClNO. The molecule has 3 heteroatoms. The number of hydrogen-bond donors (Lipinski definition) is 1. The van der Waals surface area contributed by atoms with Crippen molar-refractivity contribution in [3.05, 3.63) is 28.3 Å². The van der Waals surface area contributed by atoms with Crippen molar-refractivity contribution in [2.75, 3.05) is 5.32 Å². The molecule has 108 valence electrons. The molecular weight excluding hydrogens is 270 g/mol. The van der Waals surface area contributed by atoms with Crippen LogP contribution in [0.4, 0.5) is 5.69 Å². The maximum Gasteiger partial charge on any atom is 0.224 e. The number of fused-ring (bicyclic) bond motifs is 2. The van der Waals surface area contributed by atoms with Crippen LogP contribution in [0.5, 0.6) is 0 Å². The molecule has 0 spiro atoms. The largest absolute Gasteiger partial charge is 0.325 e. The quantitative estimate of drug-likeness (QED) is 0.857. The van der Waals surface area contributed by atoms with Crippen LogP contribution in [-0.4, -0.2) is 5.91 Å². The average Bonchev–Trinajstić information content (AvgIpc) is 2.95. The zero-order valence-corrected chi connectivity index (χ0v) is 13.0. The summed E-state index contributed by atoms with van der Waals surface area (Å²) in [4.78, 5) is 12.3. The second-order valence-corrected chi connectivity index (χ2v) is 7.03. The Morgan fingerprint density at radius 3 is 2.70 bits per heavy atom. The first-order valence-corrected chi connectivity index (χ1v) is 7.97. The van der Waals surface area contributed by atoms with Crippen LogP contribution in [0.3, 0.4) is 0 Å². The van der Waals surface area contributed by atoms with Crippen LogP contribution in [0, 0.1) is 31.6 Å². The molecule has 0 radical (unpaired) electrons. The number of carbonyl (C=O) groups is 1. The second-order valence-electron chi connectivity index (χ2n) is 6.63. The van der Waals surface area contributed by atoms with Gasteiger partial charge in [0.15, 0.2) is 0 Å². The minimum atomic E-state index is 0.122. The minimum absolute atomic E-state index is 0.122. The first-order valence-electron chi connectivity index (χ1n) is 7.59. The molecule has 1 amide bonds. The molecule has 2 nitrogen and oxygen atoms in total. The van der Waals surface area contributed by atoms with Gasteiger partial charge in [-0.2, -0.15) is 0 Å². The summed E-state index contributed by atoms with van der Waals surface area (Å²) in [6.07, 6.45) is 5.96. The summed E-state index contributed by atoms with van der Waals surface area (Å²) in [5, 5.41) is 3.66. The van der Waals surface area contributed by atoms with E-state index in [1.807, 2.05) is 19.9 Å². The number of halogens is 1. The highest BCUT2D eigenvalue weighted by Gasteiger charge is 2.40. The summed E-state index contributed by atoms with van der Waals surface area (Å²) in [5.74, 6) is 2.40. The van der Waals surface area contributed by atoms with Crippen LogP contribution in [0.2, 0.25) is 5.02 Å². The lowest BCUT2D eigenvalue weighted by Gasteiger charge is -2.21. The monoisotopic (exact) mass is 291 g/mol. The summed E-state index contributed by atoms with van der Waals surface area (Å²) in [7, 11) is 0. The normalized spacial score (nSPS) is 27.9. The van der Waals surface area contributed by atoms with Gasteiger partial charge in [0, 0.05) is 6.42 Å². The Morgan fingerprint density at radius 2 is 2.10 bits per heavy atom. The van der Waals surface area contributed by atoms with Crippen LogP contribution >= 0.6 is 11.6 Å². The molecule has 3 rings (SSSR count). The summed E-state index contributed by atoms with van der Waals surface area (Å²) < 4.78 is 0. The highest BCUT2D eigenvalue weighted by Crippen LogP contribution is 2.49. The molecule has 1 aromatic rings. The topological polar surface area (TPSA) is 29.1 Å². The van der Waals surface area contributed by atoms with E-state index in [1.54, 1.807) is 0 Å². The van der Waals surface area contributed by atoms with Crippen molar-refractivity contribution in [2.24, 2.45) is 17.8 Å². The Labute approximate surface area is 125 Å². The van der Waals surface area contributed by atoms with Crippen molar-refractivity contribution in [3.63, 3.8) is 0 Å². The van der Waals surface area contributed by atoms with E-state index >= 15 is 0 Å². The maximum atomic E-state index is 12.3. The van der Waals surface area contributed by atoms with Crippen molar-refractivity contribution >= 4 is 23.2 Å². The van der Waals surface area contributed by atoms with Gasteiger partial charge in [0.05, 0.1) is 10.7 Å². The van der Waals surface area contributed by atoms with Gasteiger partial charge < -0.3 is 5.32 Å². The fraction of sp³-hybridized carbons (Fsp3) is 0.588. The lowest BCUT2D eigenvalue weighted by Crippen LogP contribution is -2.20. The molecule has 1 aromatic carbocycles. The van der Waals surface area contributed by atoms with Gasteiger partial charge in [-0.25, -0.2) is 0 Å². The van der Waals surface area contributed by atoms with E-state index in [9.17, 15) is 4.79 Å². The van der Waals surface area contributed by atoms with Crippen LogP contribution in [-0.2, 0) is 4.79 Å². The van der Waals surface area contributed by atoms with E-state index in [1.165, 1.54) is 25.7 Å². The van der Waals surface area contributed by atoms with Crippen molar-refractivity contribution in [2.45, 2.75) is 46.0 Å². The third-order valence-corrected chi connectivity index (χ3v) is 5.33. The number of carbonyl (C=O) groups excluding carboxylic acids is 1. The first kappa shape index (κ1) is 13.9. The molecule has 2 fully saturated rings. The van der Waals surface area contributed by atoms with Gasteiger partial charge >= 0.3 is 0 Å². The van der Waals surface area contributed by atoms with E-state index < -0.39 is 0 Å². The lowest BCUT2D eigenvalue weighted by atomic mass is 9.86. The van der Waals surface area contributed by atoms with Gasteiger partial charge in [0.2, 0.25) is 5.91 Å². The van der Waals surface area contributed by atoms with E-state index in [0.717, 1.165) is 28.7 Å². The molecule has 0 aromatic heterocycles. The standard InChI is InChI=1S/C17H22ClNO/c1-10-5-11(2)17(15(18)6-10)19-16(20)9-14-8-12-3-4-13(14)7-12/h5-6,12-14H,3-4,7-9H2,1-2H3,(H,19,20)/t12-,13-,14-/m0/s1. The fourth-order valence-corrected chi connectivity index (χ4v) is 4.50. The summed E-state index contributed by atoms with van der Waals surface area (Å²) >= 11 is 6.24. The van der Waals surface area contributed by atoms with Gasteiger partial charge in [-0.15, -0.1) is 0 Å². The zero-order chi connectivity index (χ0) is 14.3. The van der Waals surface area contributed by atoms with Crippen molar-refractivity contribution in [1.82, 2.24) is 0 Å². The van der Waals surface area contributed by atoms with Crippen LogP contribution in [0.15, 0.2) is 12.1 Å². The molecule has 2 aliphatic rings. The number of aryl methyl sites for hydroxylation is 2. The predicted octanol–water partition coefficient (Wildman–Crippen LogP) is 4.72. The molecule has 3 atom stereocenters. The summed E-state index contributed by atoms with van der Waals surface area (Å²) in [5.41, 5.74) is 2.94. The number of anilines is 1. The predicted molar refractivity (Wildman–Crippen MR) is 83.1 cm³/mol. The second kappa shape index (κ2) is 5.40. The Kier molecular flexibility index (Phi) is 3.76. The molecule has 0 aliphatic heterocycles. The molecule has 2 saturated carbocycles. The zero-order valence-electron chi connectivity index (χ0n) is 12.2. The Balaban J connectivity index is 1.65. The number of rotatable bonds is 3. The average molecular weight is 292 g/mol. The Morgan fingerprint density at radius 1 is 1.30 bits per heavy atom. The lowest BCUT2D eigenvalue weighted by molar-refractivity contribution is -0.117. The molecule has 0 heterocycles.